The van der Waals surface area contributed by atoms with Crippen molar-refractivity contribution in [2.75, 3.05) is 0 Å². The van der Waals surface area contributed by atoms with E-state index in [1.165, 1.54) is 20.1 Å². The molecule has 1 aromatic carbocycles. The molecule has 2 aromatic rings. The first-order valence-corrected chi connectivity index (χ1v) is 15.9. The molecule has 28 heavy (non-hydrogen) atoms. The van der Waals surface area contributed by atoms with Gasteiger partial charge in [-0.05, 0) is 0 Å². The van der Waals surface area contributed by atoms with Gasteiger partial charge in [0, 0.05) is 0 Å². The van der Waals surface area contributed by atoms with Crippen LogP contribution >= 0.6 is 61.1 Å². The zero-order valence-corrected chi connectivity index (χ0v) is 23.8. The first kappa shape index (κ1) is 21.2. The van der Waals surface area contributed by atoms with Gasteiger partial charge in [0.25, 0.3) is 0 Å². The number of nitrogens with zero attached hydrogens (tertiary/aromatic N) is 1. The molecule has 8 heteroatoms. The first-order chi connectivity index (χ1) is 13.3. The molecule has 2 heterocycles. The van der Waals surface area contributed by atoms with Crippen molar-refractivity contribution >= 4 is 106 Å². The predicted octanol–water partition coefficient (Wildman–Crippen LogP) is 5.47. The fourth-order valence-electron chi connectivity index (χ4n) is 4.16. The number of aromatic hydroxyl groups is 1. The number of phenols is 1. The van der Waals surface area contributed by atoms with Crippen molar-refractivity contribution in [1.29, 1.82) is 0 Å². The SMILES string of the molecule is CC[Si]1(CC)C2=CC(=O)C=CC2=Nc2ccc(O)c(-c3[se]c(Br)c(I)c3I)c21. The van der Waals surface area contributed by atoms with E-state index in [0.29, 0.717) is 5.75 Å². The van der Waals surface area contributed by atoms with E-state index in [1.54, 1.807) is 18.2 Å². The van der Waals surface area contributed by atoms with Gasteiger partial charge in [0.15, 0.2) is 0 Å². The van der Waals surface area contributed by atoms with Gasteiger partial charge in [-0.15, -0.1) is 0 Å². The van der Waals surface area contributed by atoms with Gasteiger partial charge in [-0.1, -0.05) is 0 Å². The third kappa shape index (κ3) is 3.13. The van der Waals surface area contributed by atoms with E-state index in [0.717, 1.165) is 34.2 Å². The molecule has 0 bridgehead atoms. The molecule has 1 aliphatic carbocycles. The van der Waals surface area contributed by atoms with Gasteiger partial charge in [0.2, 0.25) is 0 Å². The molecule has 144 valence electrons. The molecule has 4 rings (SSSR count). The zero-order valence-electron chi connectivity index (χ0n) is 15.1. The van der Waals surface area contributed by atoms with Gasteiger partial charge in [-0.25, -0.2) is 0 Å². The maximum atomic E-state index is 12.2. The van der Waals surface area contributed by atoms with Crippen molar-refractivity contribution < 1.29 is 9.90 Å². The van der Waals surface area contributed by atoms with E-state index < -0.39 is 8.07 Å². The normalized spacial score (nSPS) is 17.1. The summed E-state index contributed by atoms with van der Waals surface area (Å²) >= 11 is 8.60. The molecule has 1 N–H and O–H groups in total. The Morgan fingerprint density at radius 1 is 1.18 bits per heavy atom. The summed E-state index contributed by atoms with van der Waals surface area (Å²) in [4.78, 5) is 17.1. The molecule has 0 fully saturated rings. The number of benzene rings is 1. The van der Waals surface area contributed by atoms with Crippen LogP contribution in [0.4, 0.5) is 5.69 Å². The van der Waals surface area contributed by atoms with Crippen LogP contribution in [-0.4, -0.2) is 39.2 Å². The van der Waals surface area contributed by atoms with Crippen LogP contribution in [0.3, 0.4) is 0 Å². The molecule has 0 unspecified atom stereocenters. The fourth-order valence-corrected chi connectivity index (χ4v) is 15.0. The third-order valence-electron chi connectivity index (χ3n) is 5.55. The van der Waals surface area contributed by atoms with Crippen molar-refractivity contribution in [3.8, 4) is 15.8 Å². The van der Waals surface area contributed by atoms with Gasteiger partial charge in [-0.3, -0.25) is 0 Å². The topological polar surface area (TPSA) is 49.7 Å². The van der Waals surface area contributed by atoms with Crippen molar-refractivity contribution in [2.24, 2.45) is 4.99 Å². The number of aliphatic imine (C=N–C) groups is 1. The van der Waals surface area contributed by atoms with E-state index in [-0.39, 0.29) is 20.3 Å². The van der Waals surface area contributed by atoms with Crippen LogP contribution in [0.1, 0.15) is 13.8 Å². The molecular weight excluding hydrogens is 727 g/mol. The number of ketones is 1. The minimum atomic E-state index is -2.24. The monoisotopic (exact) mass is 743 g/mol. The third-order valence-corrected chi connectivity index (χ3v) is 19.8. The minimum absolute atomic E-state index is 0.0377. The van der Waals surface area contributed by atoms with E-state index >= 15 is 0 Å². The maximum absolute atomic E-state index is 12.2. The molecule has 0 atom stereocenters. The van der Waals surface area contributed by atoms with Crippen LogP contribution in [0.2, 0.25) is 12.1 Å². The van der Waals surface area contributed by atoms with Crippen LogP contribution in [0, 0.1) is 7.14 Å². The van der Waals surface area contributed by atoms with E-state index in [9.17, 15) is 9.90 Å². The van der Waals surface area contributed by atoms with Gasteiger partial charge >= 0.3 is 209 Å². The summed E-state index contributed by atoms with van der Waals surface area (Å²) in [5, 5.41) is 13.3. The summed E-state index contributed by atoms with van der Waals surface area (Å²) in [5.41, 5.74) is 2.85. The Morgan fingerprint density at radius 2 is 1.89 bits per heavy atom. The van der Waals surface area contributed by atoms with Gasteiger partial charge in [-0.2, -0.15) is 0 Å². The number of hydrogen-bond acceptors (Lipinski definition) is 3. The summed E-state index contributed by atoms with van der Waals surface area (Å²) in [5.74, 6) is 0.364. The second-order valence-electron chi connectivity index (χ2n) is 6.77. The standard InChI is InChI=1S/C20H16BrI2NO2SeSi/c1-3-28(4-2)14-9-10(25)5-6-11(14)24-12-7-8-13(26)15(19(12)28)18-16(22)17(23)20(21)27-18/h5-9,26H,3-4H2,1-2H3. The number of fused-ring (bicyclic) bond motifs is 2. The summed E-state index contributed by atoms with van der Waals surface area (Å²) in [7, 11) is -2.24. The number of carbonyl (C=O) groups excluding carboxylic acids is 1. The fraction of sp³-hybridized carbons (Fsp3) is 0.200. The summed E-state index contributed by atoms with van der Waals surface area (Å²) in [6, 6.07) is 5.67. The first-order valence-electron chi connectivity index (χ1n) is 8.87. The van der Waals surface area contributed by atoms with E-state index in [2.05, 4.69) is 75.0 Å². The molecular formula is C20H16BrI2NO2SeSi. The Morgan fingerprint density at radius 3 is 2.50 bits per heavy atom. The van der Waals surface area contributed by atoms with Gasteiger partial charge in [0.05, 0.1) is 0 Å². The van der Waals surface area contributed by atoms with E-state index in [1.807, 2.05) is 12.1 Å². The van der Waals surface area contributed by atoms with Crippen molar-refractivity contribution in [1.82, 2.24) is 0 Å². The number of rotatable bonds is 3. The Balaban J connectivity index is 2.14. The van der Waals surface area contributed by atoms with Crippen LogP contribution in [0.15, 0.2) is 43.9 Å². The molecule has 1 aliphatic heterocycles. The van der Waals surface area contributed by atoms with E-state index in [4.69, 9.17) is 4.99 Å². The average molecular weight is 743 g/mol. The Hall–Kier alpha value is -0.00364. The summed E-state index contributed by atoms with van der Waals surface area (Å²) in [6.07, 6.45) is 5.27. The molecule has 0 saturated carbocycles. The van der Waals surface area contributed by atoms with Crippen molar-refractivity contribution in [2.45, 2.75) is 25.9 Å². The summed E-state index contributed by atoms with van der Waals surface area (Å²) < 4.78 is 4.86. The Kier molecular flexibility index (Phi) is 6.01. The molecule has 1 aromatic heterocycles. The van der Waals surface area contributed by atoms with Crippen molar-refractivity contribution in [3.05, 3.63) is 46.0 Å². The van der Waals surface area contributed by atoms with Crippen molar-refractivity contribution in [3.63, 3.8) is 0 Å². The van der Waals surface area contributed by atoms with Gasteiger partial charge < -0.3 is 0 Å². The second-order valence-corrected chi connectivity index (χ2v) is 17.7. The predicted molar refractivity (Wildman–Crippen MR) is 139 cm³/mol. The second kappa shape index (κ2) is 7.92. The number of phenolic OH excluding ortho intramolecular Hbond substituents is 1. The zero-order chi connectivity index (χ0) is 20.2. The number of allylic oxidation sites excluding steroid dienone is 4. The summed E-state index contributed by atoms with van der Waals surface area (Å²) in [6.45, 7) is 4.44. The quantitative estimate of drug-likeness (QED) is 0.258. The number of halogens is 3. The Bertz CT molecular complexity index is 1120. The molecule has 3 nitrogen and oxygen atoms in total. The molecule has 2 aliphatic rings. The van der Waals surface area contributed by atoms with Crippen LogP contribution < -0.4 is 5.19 Å². The van der Waals surface area contributed by atoms with Crippen LogP contribution in [0.25, 0.3) is 10.0 Å². The number of hydrogen-bond donors (Lipinski definition) is 1. The van der Waals surface area contributed by atoms with Crippen LogP contribution in [-0.2, 0) is 4.79 Å². The van der Waals surface area contributed by atoms with Crippen LogP contribution in [0.5, 0.6) is 5.75 Å². The Labute approximate surface area is 206 Å². The molecule has 0 radical (unpaired) electrons. The molecule has 0 spiro atoms. The molecule has 0 saturated heterocycles. The average Bonchev–Trinajstić information content (AvgIpc) is 2.94. The number of carbonyl (C=O) groups is 1. The molecule has 0 amide bonds. The van der Waals surface area contributed by atoms with Gasteiger partial charge in [0.1, 0.15) is 0 Å².